The number of aromatic amines is 1. The minimum Gasteiger partial charge on any atom is -0.497 e. The predicted molar refractivity (Wildman–Crippen MR) is 122 cm³/mol. The van der Waals surface area contributed by atoms with Gasteiger partial charge in [-0.05, 0) is 30.3 Å². The fourth-order valence-electron chi connectivity index (χ4n) is 4.11. The number of carbonyl (C=O) groups is 2. The summed E-state index contributed by atoms with van der Waals surface area (Å²) >= 11 is 1.81. The first-order valence-corrected chi connectivity index (χ1v) is 11.2. The van der Waals surface area contributed by atoms with Gasteiger partial charge < -0.3 is 15.4 Å². The van der Waals surface area contributed by atoms with Gasteiger partial charge in [0.25, 0.3) is 0 Å². The molecule has 8 heteroatoms. The fourth-order valence-corrected chi connectivity index (χ4v) is 5.21. The van der Waals surface area contributed by atoms with E-state index in [9.17, 15) is 9.59 Å². The van der Waals surface area contributed by atoms with Gasteiger partial charge in [-0.3, -0.25) is 14.7 Å². The Bertz CT molecular complexity index is 1150. The van der Waals surface area contributed by atoms with Gasteiger partial charge in [-0.1, -0.05) is 12.1 Å². The molecule has 1 amide bonds. The Morgan fingerprint density at radius 1 is 1.23 bits per heavy atom. The summed E-state index contributed by atoms with van der Waals surface area (Å²) in [7, 11) is 1.61. The first kappa shape index (κ1) is 19.8. The molecule has 2 aromatic carbocycles. The summed E-state index contributed by atoms with van der Waals surface area (Å²) in [5.41, 5.74) is 4.48. The van der Waals surface area contributed by atoms with Crippen molar-refractivity contribution in [3.8, 4) is 28.3 Å². The van der Waals surface area contributed by atoms with E-state index >= 15 is 0 Å². The van der Waals surface area contributed by atoms with Crippen molar-refractivity contribution in [2.75, 3.05) is 31.3 Å². The van der Waals surface area contributed by atoms with Crippen LogP contribution in [0.4, 0.5) is 5.69 Å². The lowest BCUT2D eigenvalue weighted by Gasteiger charge is -2.22. The summed E-state index contributed by atoms with van der Waals surface area (Å²) in [5.74, 6) is 1.54. The Labute approximate surface area is 184 Å². The number of hydrogen-bond donors (Lipinski definition) is 3. The lowest BCUT2D eigenvalue weighted by atomic mass is 10.0. The van der Waals surface area contributed by atoms with Crippen molar-refractivity contribution in [2.45, 2.75) is 11.7 Å². The molecule has 7 nitrogen and oxygen atoms in total. The van der Waals surface area contributed by atoms with Crippen molar-refractivity contribution in [1.29, 1.82) is 0 Å². The zero-order valence-electron chi connectivity index (χ0n) is 17.0. The Kier molecular flexibility index (Phi) is 5.25. The molecule has 3 aromatic rings. The van der Waals surface area contributed by atoms with Gasteiger partial charge in [0.05, 0.1) is 29.6 Å². The van der Waals surface area contributed by atoms with Crippen LogP contribution in [0.5, 0.6) is 5.75 Å². The summed E-state index contributed by atoms with van der Waals surface area (Å²) in [6.07, 6.45) is 0.416. The smallest absolute Gasteiger partial charge is 0.225 e. The first-order chi connectivity index (χ1) is 15.2. The van der Waals surface area contributed by atoms with Crippen LogP contribution in [0.15, 0.2) is 42.5 Å². The number of carbonyl (C=O) groups excluding carboxylic acids is 2. The number of ether oxygens (including phenoxy) is 1. The zero-order valence-corrected chi connectivity index (χ0v) is 17.8. The van der Waals surface area contributed by atoms with Crippen LogP contribution in [0.25, 0.3) is 22.5 Å². The van der Waals surface area contributed by atoms with Crippen molar-refractivity contribution in [1.82, 2.24) is 15.5 Å². The molecule has 31 heavy (non-hydrogen) atoms. The zero-order chi connectivity index (χ0) is 21.4. The molecule has 2 aliphatic rings. The van der Waals surface area contributed by atoms with Crippen LogP contribution in [0.2, 0.25) is 0 Å². The van der Waals surface area contributed by atoms with Crippen molar-refractivity contribution in [3.05, 3.63) is 53.6 Å². The van der Waals surface area contributed by atoms with Crippen LogP contribution in [0, 0.1) is 0 Å². The predicted octanol–water partition coefficient (Wildman–Crippen LogP) is 3.33. The average molecular weight is 435 g/mol. The lowest BCUT2D eigenvalue weighted by molar-refractivity contribution is -0.116. The lowest BCUT2D eigenvalue weighted by Crippen LogP contribution is -2.35. The Hall–Kier alpha value is -3.10. The summed E-state index contributed by atoms with van der Waals surface area (Å²) in [5, 5.41) is 14.0. The Morgan fingerprint density at radius 2 is 2.06 bits per heavy atom. The SMILES string of the molecule is COc1ccc(-c2n[nH]c3c2C(=O)c2c(NC(=O)CC4CNCCS4)cccc2-3)cc1. The highest BCUT2D eigenvalue weighted by molar-refractivity contribution is 8.00. The molecule has 5 rings (SSSR count). The normalized spacial score (nSPS) is 17.2. The third-order valence-corrected chi connectivity index (χ3v) is 6.85. The number of rotatable bonds is 5. The topological polar surface area (TPSA) is 96.1 Å². The second-order valence-electron chi connectivity index (χ2n) is 7.56. The molecule has 0 bridgehead atoms. The molecule has 1 aliphatic carbocycles. The van der Waals surface area contributed by atoms with E-state index in [0.717, 1.165) is 35.7 Å². The van der Waals surface area contributed by atoms with Crippen LogP contribution in [-0.4, -0.2) is 53.1 Å². The van der Waals surface area contributed by atoms with E-state index in [4.69, 9.17) is 4.74 Å². The second kappa shape index (κ2) is 8.20. The first-order valence-electron chi connectivity index (χ1n) is 10.2. The van der Waals surface area contributed by atoms with Crippen LogP contribution >= 0.6 is 11.8 Å². The molecule has 1 unspecified atom stereocenters. The molecule has 0 radical (unpaired) electrons. The number of thioether (sulfide) groups is 1. The third-order valence-electron chi connectivity index (χ3n) is 5.61. The highest BCUT2D eigenvalue weighted by Gasteiger charge is 2.35. The highest BCUT2D eigenvalue weighted by atomic mass is 32.2. The summed E-state index contributed by atoms with van der Waals surface area (Å²) in [6, 6.07) is 13.0. The van der Waals surface area contributed by atoms with Crippen LogP contribution < -0.4 is 15.4 Å². The molecule has 1 saturated heterocycles. The molecule has 1 aromatic heterocycles. The largest absolute Gasteiger partial charge is 0.497 e. The molecule has 158 valence electrons. The van der Waals surface area contributed by atoms with Gasteiger partial charge in [0, 0.05) is 41.6 Å². The van der Waals surface area contributed by atoms with Crippen molar-refractivity contribution >= 4 is 29.1 Å². The minimum atomic E-state index is -0.130. The Morgan fingerprint density at radius 3 is 2.81 bits per heavy atom. The maximum atomic E-state index is 13.4. The Balaban J connectivity index is 1.43. The number of ketones is 1. The summed E-state index contributed by atoms with van der Waals surface area (Å²) in [6.45, 7) is 1.80. The van der Waals surface area contributed by atoms with E-state index in [1.165, 1.54) is 0 Å². The number of anilines is 1. The quantitative estimate of drug-likeness (QED) is 0.446. The molecule has 0 saturated carbocycles. The molecule has 0 spiro atoms. The van der Waals surface area contributed by atoms with Gasteiger partial charge in [-0.15, -0.1) is 0 Å². The molecule has 1 fully saturated rings. The van der Waals surface area contributed by atoms with Gasteiger partial charge in [0.2, 0.25) is 5.91 Å². The maximum absolute atomic E-state index is 13.4. The summed E-state index contributed by atoms with van der Waals surface area (Å²) < 4.78 is 5.22. The number of nitrogens with zero attached hydrogens (tertiary/aromatic N) is 1. The van der Waals surface area contributed by atoms with Gasteiger partial charge in [-0.25, -0.2) is 0 Å². The summed E-state index contributed by atoms with van der Waals surface area (Å²) in [4.78, 5) is 26.1. The third kappa shape index (κ3) is 3.62. The van der Waals surface area contributed by atoms with E-state index < -0.39 is 0 Å². The van der Waals surface area contributed by atoms with E-state index in [-0.39, 0.29) is 16.9 Å². The van der Waals surface area contributed by atoms with Gasteiger partial charge >= 0.3 is 0 Å². The number of amides is 1. The number of nitrogens with one attached hydrogen (secondary N) is 3. The highest BCUT2D eigenvalue weighted by Crippen LogP contribution is 2.43. The van der Waals surface area contributed by atoms with Crippen molar-refractivity contribution in [2.24, 2.45) is 0 Å². The van der Waals surface area contributed by atoms with Gasteiger partial charge in [0.15, 0.2) is 5.78 Å². The molecule has 3 N–H and O–H groups in total. The number of fused-ring (bicyclic) bond motifs is 3. The molecular formula is C23H22N4O3S. The van der Waals surface area contributed by atoms with Gasteiger partial charge in [-0.2, -0.15) is 16.9 Å². The molecule has 1 atom stereocenters. The molecule has 1 aliphatic heterocycles. The number of H-pyrrole nitrogens is 1. The van der Waals surface area contributed by atoms with E-state index in [0.29, 0.717) is 34.6 Å². The number of methoxy groups -OCH3 is 1. The monoisotopic (exact) mass is 434 g/mol. The number of aromatic nitrogens is 2. The van der Waals surface area contributed by atoms with Crippen molar-refractivity contribution < 1.29 is 14.3 Å². The van der Waals surface area contributed by atoms with E-state index in [1.54, 1.807) is 13.2 Å². The van der Waals surface area contributed by atoms with Crippen LogP contribution in [0.1, 0.15) is 22.3 Å². The maximum Gasteiger partial charge on any atom is 0.225 e. The van der Waals surface area contributed by atoms with Gasteiger partial charge in [0.1, 0.15) is 11.4 Å². The number of hydrogen-bond acceptors (Lipinski definition) is 6. The second-order valence-corrected chi connectivity index (χ2v) is 8.97. The van der Waals surface area contributed by atoms with Crippen LogP contribution in [0.3, 0.4) is 0 Å². The molecule has 2 heterocycles. The van der Waals surface area contributed by atoms with E-state index in [2.05, 4.69) is 20.8 Å². The van der Waals surface area contributed by atoms with Crippen molar-refractivity contribution in [3.63, 3.8) is 0 Å². The number of benzene rings is 2. The van der Waals surface area contributed by atoms with Crippen LogP contribution in [-0.2, 0) is 4.79 Å². The fraction of sp³-hybridized carbons (Fsp3) is 0.261. The average Bonchev–Trinajstić information content (AvgIpc) is 3.35. The van der Waals surface area contributed by atoms with E-state index in [1.807, 2.05) is 48.2 Å². The minimum absolute atomic E-state index is 0.0773. The molecular weight excluding hydrogens is 412 g/mol. The standard InChI is InChI=1S/C23H22N4O3S/c1-30-14-7-5-13(6-8-14)21-20-22(27-26-21)16-3-2-4-17(19(16)23(20)29)25-18(28)11-15-12-24-9-10-31-15/h2-8,15,24H,9-12H2,1H3,(H,25,28)(H,26,27).